The Hall–Kier alpha value is -3.55. The summed E-state index contributed by atoms with van der Waals surface area (Å²) in [4.78, 5) is 4.89. The average molecular weight is 465 g/mol. The van der Waals surface area contributed by atoms with Crippen LogP contribution in [0.5, 0.6) is 5.75 Å². The molecular formula is C30H28N2OS. The summed E-state index contributed by atoms with van der Waals surface area (Å²) in [6.07, 6.45) is 2.97. The van der Waals surface area contributed by atoms with Crippen LogP contribution in [0.25, 0.3) is 22.4 Å². The van der Waals surface area contributed by atoms with Gasteiger partial charge in [-0.1, -0.05) is 79.7 Å². The van der Waals surface area contributed by atoms with Crippen molar-refractivity contribution in [2.75, 3.05) is 12.4 Å². The maximum atomic E-state index is 10.0. The van der Waals surface area contributed by atoms with Crippen LogP contribution in [0, 0.1) is 11.3 Å². The van der Waals surface area contributed by atoms with Crippen molar-refractivity contribution in [3.63, 3.8) is 0 Å². The molecule has 3 nitrogen and oxygen atoms in total. The smallest absolute Gasteiger partial charge is 0.119 e. The van der Waals surface area contributed by atoms with Crippen molar-refractivity contribution in [2.45, 2.75) is 31.2 Å². The minimum atomic E-state index is 0.642. The van der Waals surface area contributed by atoms with Crippen LogP contribution >= 0.6 is 11.8 Å². The standard InChI is InChI=1S/C30H28N2OS/c1-2-23-15-17-26(18-16-23)33-19-9-10-20-34-30-28(22-31)27(24-11-5-3-6-12-24)21-29(32-30)25-13-7-4-8-14-25/h3-8,11-18,21H,2,9-10,19-20H2,1H3. The summed E-state index contributed by atoms with van der Waals surface area (Å²) in [5.41, 5.74) is 5.86. The first-order chi connectivity index (χ1) is 16.8. The fourth-order valence-electron chi connectivity index (χ4n) is 3.72. The fourth-order valence-corrected chi connectivity index (χ4v) is 4.73. The molecule has 0 saturated heterocycles. The van der Waals surface area contributed by atoms with E-state index in [1.54, 1.807) is 11.8 Å². The molecule has 4 rings (SSSR count). The van der Waals surface area contributed by atoms with Gasteiger partial charge in [-0.25, -0.2) is 4.98 Å². The predicted octanol–water partition coefficient (Wildman–Crippen LogP) is 7.80. The molecular weight excluding hydrogens is 436 g/mol. The number of aromatic nitrogens is 1. The molecule has 0 saturated carbocycles. The summed E-state index contributed by atoms with van der Waals surface area (Å²) < 4.78 is 5.88. The van der Waals surface area contributed by atoms with E-state index in [2.05, 4.69) is 37.3 Å². The zero-order valence-electron chi connectivity index (χ0n) is 19.4. The number of nitriles is 1. The molecule has 0 aliphatic rings. The van der Waals surface area contributed by atoms with Gasteiger partial charge in [-0.15, -0.1) is 11.8 Å². The lowest BCUT2D eigenvalue weighted by Gasteiger charge is -2.13. The first-order valence-corrected chi connectivity index (χ1v) is 12.7. The molecule has 4 heteroatoms. The third-order valence-electron chi connectivity index (χ3n) is 5.63. The second-order valence-electron chi connectivity index (χ2n) is 7.98. The van der Waals surface area contributed by atoms with Crippen LogP contribution in [0.4, 0.5) is 0 Å². The monoisotopic (exact) mass is 464 g/mol. The molecule has 0 aliphatic heterocycles. The van der Waals surface area contributed by atoms with Gasteiger partial charge >= 0.3 is 0 Å². The van der Waals surface area contributed by atoms with Crippen LogP contribution in [-0.2, 0) is 6.42 Å². The van der Waals surface area contributed by atoms with Gasteiger partial charge in [0.1, 0.15) is 16.8 Å². The van der Waals surface area contributed by atoms with E-state index >= 15 is 0 Å². The molecule has 1 heterocycles. The van der Waals surface area contributed by atoms with E-state index < -0.39 is 0 Å². The number of nitrogens with zero attached hydrogens (tertiary/aromatic N) is 2. The van der Waals surface area contributed by atoms with E-state index in [9.17, 15) is 5.26 Å². The first-order valence-electron chi connectivity index (χ1n) is 11.7. The summed E-state index contributed by atoms with van der Waals surface area (Å²) in [5.74, 6) is 1.80. The minimum Gasteiger partial charge on any atom is -0.494 e. The number of hydrogen-bond donors (Lipinski definition) is 0. The molecule has 0 radical (unpaired) electrons. The number of thioether (sulfide) groups is 1. The summed E-state index contributed by atoms with van der Waals surface area (Å²) in [6, 6.07) is 33.0. The Bertz CT molecular complexity index is 1230. The van der Waals surface area contributed by atoms with Gasteiger partial charge in [0, 0.05) is 11.1 Å². The zero-order chi connectivity index (χ0) is 23.6. The van der Waals surface area contributed by atoms with Crippen LogP contribution < -0.4 is 4.74 Å². The van der Waals surface area contributed by atoms with Crippen molar-refractivity contribution in [2.24, 2.45) is 0 Å². The molecule has 0 atom stereocenters. The number of hydrogen-bond acceptors (Lipinski definition) is 4. The largest absolute Gasteiger partial charge is 0.494 e. The lowest BCUT2D eigenvalue weighted by Crippen LogP contribution is -1.99. The number of benzene rings is 3. The predicted molar refractivity (Wildman–Crippen MR) is 141 cm³/mol. The molecule has 4 aromatic rings. The molecule has 170 valence electrons. The van der Waals surface area contributed by atoms with Crippen LogP contribution in [0.1, 0.15) is 30.9 Å². The van der Waals surface area contributed by atoms with E-state index in [0.29, 0.717) is 12.2 Å². The number of ether oxygens (including phenoxy) is 1. The van der Waals surface area contributed by atoms with Crippen molar-refractivity contribution >= 4 is 11.8 Å². The quantitative estimate of drug-likeness (QED) is 0.177. The second kappa shape index (κ2) is 12.1. The molecule has 0 amide bonds. The lowest BCUT2D eigenvalue weighted by atomic mass is 9.99. The molecule has 1 aromatic heterocycles. The Morgan fingerprint density at radius 3 is 2.18 bits per heavy atom. The fraction of sp³-hybridized carbons (Fsp3) is 0.200. The summed E-state index contributed by atoms with van der Waals surface area (Å²) >= 11 is 1.65. The van der Waals surface area contributed by atoms with Crippen molar-refractivity contribution in [1.82, 2.24) is 4.98 Å². The minimum absolute atomic E-state index is 0.642. The second-order valence-corrected chi connectivity index (χ2v) is 9.06. The van der Waals surface area contributed by atoms with E-state index in [0.717, 1.165) is 58.2 Å². The van der Waals surface area contributed by atoms with E-state index in [4.69, 9.17) is 9.72 Å². The van der Waals surface area contributed by atoms with Gasteiger partial charge in [0.25, 0.3) is 0 Å². The first kappa shape index (κ1) is 23.6. The highest BCUT2D eigenvalue weighted by Gasteiger charge is 2.15. The molecule has 0 bridgehead atoms. The topological polar surface area (TPSA) is 45.9 Å². The van der Waals surface area contributed by atoms with E-state index in [1.165, 1.54) is 5.56 Å². The van der Waals surface area contributed by atoms with Crippen LogP contribution in [0.15, 0.2) is 96.0 Å². The van der Waals surface area contributed by atoms with Gasteiger partial charge in [0.2, 0.25) is 0 Å². The Morgan fingerprint density at radius 1 is 0.853 bits per heavy atom. The highest BCUT2D eigenvalue weighted by atomic mass is 32.2. The van der Waals surface area contributed by atoms with Crippen molar-refractivity contribution in [3.8, 4) is 34.2 Å². The third kappa shape index (κ3) is 6.07. The van der Waals surface area contributed by atoms with E-state index in [-0.39, 0.29) is 0 Å². The Kier molecular flexibility index (Phi) is 8.38. The van der Waals surface area contributed by atoms with Gasteiger partial charge in [-0.2, -0.15) is 5.26 Å². The normalized spacial score (nSPS) is 10.6. The third-order valence-corrected chi connectivity index (χ3v) is 6.69. The number of pyridine rings is 1. The molecule has 0 fully saturated rings. The van der Waals surface area contributed by atoms with Gasteiger partial charge < -0.3 is 4.74 Å². The molecule has 0 N–H and O–H groups in total. The highest BCUT2D eigenvalue weighted by molar-refractivity contribution is 7.99. The summed E-state index contributed by atoms with van der Waals surface area (Å²) in [6.45, 7) is 2.84. The van der Waals surface area contributed by atoms with Gasteiger partial charge in [-0.05, 0) is 54.3 Å². The Labute approximate surface area is 206 Å². The number of rotatable bonds is 10. The van der Waals surface area contributed by atoms with Crippen LogP contribution in [-0.4, -0.2) is 17.3 Å². The van der Waals surface area contributed by atoms with E-state index in [1.807, 2.05) is 66.7 Å². The van der Waals surface area contributed by atoms with Gasteiger partial charge in [-0.3, -0.25) is 0 Å². The van der Waals surface area contributed by atoms with Gasteiger partial charge in [0.05, 0.1) is 17.9 Å². The number of aryl methyl sites for hydroxylation is 1. The van der Waals surface area contributed by atoms with Crippen LogP contribution in [0.3, 0.4) is 0 Å². The maximum Gasteiger partial charge on any atom is 0.119 e. The molecule has 34 heavy (non-hydrogen) atoms. The zero-order valence-corrected chi connectivity index (χ0v) is 20.2. The van der Waals surface area contributed by atoms with Crippen LogP contribution in [0.2, 0.25) is 0 Å². The Morgan fingerprint density at radius 2 is 1.53 bits per heavy atom. The maximum absolute atomic E-state index is 10.0. The SMILES string of the molecule is CCc1ccc(OCCCCSc2nc(-c3ccccc3)cc(-c3ccccc3)c2C#N)cc1. The average Bonchev–Trinajstić information content (AvgIpc) is 2.91. The summed E-state index contributed by atoms with van der Waals surface area (Å²) in [7, 11) is 0. The van der Waals surface area contributed by atoms with Gasteiger partial charge in [0.15, 0.2) is 0 Å². The molecule has 3 aromatic carbocycles. The highest BCUT2D eigenvalue weighted by Crippen LogP contribution is 2.34. The summed E-state index contributed by atoms with van der Waals surface area (Å²) in [5, 5.41) is 10.8. The lowest BCUT2D eigenvalue weighted by molar-refractivity contribution is 0.310. The number of unbranched alkanes of at least 4 members (excludes halogenated alkanes) is 1. The van der Waals surface area contributed by atoms with Crippen molar-refractivity contribution in [3.05, 3.63) is 102 Å². The van der Waals surface area contributed by atoms with Crippen molar-refractivity contribution < 1.29 is 4.74 Å². The van der Waals surface area contributed by atoms with Crippen molar-refractivity contribution in [1.29, 1.82) is 5.26 Å². The molecule has 0 aliphatic carbocycles. The molecule has 0 unspecified atom stereocenters. The molecule has 0 spiro atoms. The Balaban J connectivity index is 1.45.